The van der Waals surface area contributed by atoms with Crippen LogP contribution in [-0.4, -0.2) is 27.2 Å². The Kier molecular flexibility index (Phi) is 4.17. The van der Waals surface area contributed by atoms with Gasteiger partial charge in [-0.1, -0.05) is 6.92 Å². The summed E-state index contributed by atoms with van der Waals surface area (Å²) in [7, 11) is 0. The number of aromatic nitrogens is 2. The summed E-state index contributed by atoms with van der Waals surface area (Å²) < 4.78 is 37.8. The molecule has 1 fully saturated rings. The van der Waals surface area contributed by atoms with Crippen molar-refractivity contribution in [1.29, 1.82) is 0 Å². The molecule has 1 heterocycles. The summed E-state index contributed by atoms with van der Waals surface area (Å²) in [5.41, 5.74) is -1.59. The van der Waals surface area contributed by atoms with E-state index in [1.807, 2.05) is 0 Å². The van der Waals surface area contributed by atoms with Crippen molar-refractivity contribution in [3.63, 3.8) is 0 Å². The Morgan fingerprint density at radius 2 is 2.05 bits per heavy atom. The fourth-order valence-electron chi connectivity index (χ4n) is 2.45. The molecule has 0 spiro atoms. The van der Waals surface area contributed by atoms with Gasteiger partial charge in [-0.05, 0) is 37.7 Å². The highest BCUT2D eigenvalue weighted by Crippen LogP contribution is 2.34. The molecule has 2 N–H and O–H groups in total. The summed E-state index contributed by atoms with van der Waals surface area (Å²) in [5.74, 6) is 0.488. The molecule has 0 unspecified atom stereocenters. The molecule has 2 rings (SSSR count). The highest BCUT2D eigenvalue weighted by molar-refractivity contribution is 5.31. The van der Waals surface area contributed by atoms with Gasteiger partial charge in [0, 0.05) is 6.20 Å². The Morgan fingerprint density at radius 3 is 2.60 bits per heavy atom. The van der Waals surface area contributed by atoms with Gasteiger partial charge in [-0.15, -0.1) is 0 Å². The lowest BCUT2D eigenvalue weighted by molar-refractivity contribution is -0.141. The number of rotatable bonds is 3. The normalized spacial score (nSPS) is 27.4. The molecule has 0 aromatic carbocycles. The summed E-state index contributed by atoms with van der Waals surface area (Å²) in [4.78, 5) is 7.32. The quantitative estimate of drug-likeness (QED) is 0.898. The number of anilines is 1. The SMILES string of the molecule is CC1CCC(CO)(Nc2nccc(C(F)(F)F)n2)CC1. The second kappa shape index (κ2) is 5.55. The smallest absolute Gasteiger partial charge is 0.394 e. The van der Waals surface area contributed by atoms with Gasteiger partial charge in [0.05, 0.1) is 12.1 Å². The average Bonchev–Trinajstić information content (AvgIpc) is 2.41. The van der Waals surface area contributed by atoms with Gasteiger partial charge in [-0.25, -0.2) is 9.97 Å². The van der Waals surface area contributed by atoms with E-state index in [0.717, 1.165) is 25.1 Å². The maximum Gasteiger partial charge on any atom is 0.433 e. The van der Waals surface area contributed by atoms with Crippen LogP contribution in [0.1, 0.15) is 38.3 Å². The highest BCUT2D eigenvalue weighted by atomic mass is 19.4. The summed E-state index contributed by atoms with van der Waals surface area (Å²) in [6, 6.07) is 0.833. The van der Waals surface area contributed by atoms with Crippen molar-refractivity contribution in [2.45, 2.75) is 44.3 Å². The average molecular weight is 289 g/mol. The molecule has 112 valence electrons. The Morgan fingerprint density at radius 1 is 1.40 bits per heavy atom. The molecule has 0 bridgehead atoms. The van der Waals surface area contributed by atoms with Crippen molar-refractivity contribution in [1.82, 2.24) is 9.97 Å². The molecule has 1 aliphatic carbocycles. The summed E-state index contributed by atoms with van der Waals surface area (Å²) >= 11 is 0. The fourth-order valence-corrected chi connectivity index (χ4v) is 2.45. The van der Waals surface area contributed by atoms with E-state index in [0.29, 0.717) is 18.8 Å². The van der Waals surface area contributed by atoms with Crippen molar-refractivity contribution >= 4 is 5.95 Å². The Balaban J connectivity index is 2.16. The van der Waals surface area contributed by atoms with Gasteiger partial charge in [0.2, 0.25) is 5.95 Å². The first kappa shape index (κ1) is 15.0. The van der Waals surface area contributed by atoms with Crippen molar-refractivity contribution in [2.75, 3.05) is 11.9 Å². The number of hydrogen-bond donors (Lipinski definition) is 2. The van der Waals surface area contributed by atoms with E-state index in [4.69, 9.17) is 0 Å². The lowest BCUT2D eigenvalue weighted by Crippen LogP contribution is -2.45. The molecule has 1 aromatic heterocycles. The van der Waals surface area contributed by atoms with Crippen LogP contribution >= 0.6 is 0 Å². The molecule has 7 heteroatoms. The first-order chi connectivity index (χ1) is 9.35. The second-order valence-corrected chi connectivity index (χ2v) is 5.51. The summed E-state index contributed by atoms with van der Waals surface area (Å²) in [6.45, 7) is 1.99. The number of aliphatic hydroxyl groups is 1. The number of aliphatic hydroxyl groups excluding tert-OH is 1. The van der Waals surface area contributed by atoms with Crippen molar-refractivity contribution in [2.24, 2.45) is 5.92 Å². The Bertz CT molecular complexity index is 456. The van der Waals surface area contributed by atoms with Crippen LogP contribution in [0, 0.1) is 5.92 Å². The van der Waals surface area contributed by atoms with E-state index >= 15 is 0 Å². The van der Waals surface area contributed by atoms with Crippen LogP contribution in [0.3, 0.4) is 0 Å². The minimum absolute atomic E-state index is 0.0802. The molecule has 0 aliphatic heterocycles. The van der Waals surface area contributed by atoms with Crippen LogP contribution in [0.2, 0.25) is 0 Å². The molecular formula is C13H18F3N3O. The van der Waals surface area contributed by atoms with Crippen LogP contribution in [-0.2, 0) is 6.18 Å². The van der Waals surface area contributed by atoms with E-state index in [2.05, 4.69) is 22.2 Å². The largest absolute Gasteiger partial charge is 0.433 e. The summed E-state index contributed by atoms with van der Waals surface area (Å²) in [6.07, 6.45) is -0.172. The molecule has 0 saturated heterocycles. The third-order valence-corrected chi connectivity index (χ3v) is 3.86. The van der Waals surface area contributed by atoms with Gasteiger partial charge in [-0.2, -0.15) is 13.2 Å². The first-order valence-electron chi connectivity index (χ1n) is 6.64. The maximum atomic E-state index is 12.6. The predicted octanol–water partition coefficient (Wildman–Crippen LogP) is 2.85. The van der Waals surface area contributed by atoms with E-state index in [1.54, 1.807) is 0 Å². The first-order valence-corrected chi connectivity index (χ1v) is 6.64. The molecule has 1 aliphatic rings. The molecule has 0 radical (unpaired) electrons. The molecule has 0 amide bonds. The molecular weight excluding hydrogens is 271 g/mol. The van der Waals surface area contributed by atoms with Gasteiger partial charge >= 0.3 is 6.18 Å². The van der Waals surface area contributed by atoms with E-state index < -0.39 is 17.4 Å². The van der Waals surface area contributed by atoms with Gasteiger partial charge in [0.25, 0.3) is 0 Å². The van der Waals surface area contributed by atoms with Crippen LogP contribution in [0.5, 0.6) is 0 Å². The van der Waals surface area contributed by atoms with Gasteiger partial charge in [-0.3, -0.25) is 0 Å². The number of hydrogen-bond acceptors (Lipinski definition) is 4. The van der Waals surface area contributed by atoms with Crippen LogP contribution in [0.25, 0.3) is 0 Å². The Labute approximate surface area is 115 Å². The fraction of sp³-hybridized carbons (Fsp3) is 0.692. The van der Waals surface area contributed by atoms with Crippen molar-refractivity contribution < 1.29 is 18.3 Å². The monoisotopic (exact) mass is 289 g/mol. The predicted molar refractivity (Wildman–Crippen MR) is 68.1 cm³/mol. The van der Waals surface area contributed by atoms with Gasteiger partial charge < -0.3 is 10.4 Å². The van der Waals surface area contributed by atoms with Gasteiger partial charge in [0.15, 0.2) is 0 Å². The number of nitrogens with one attached hydrogen (secondary N) is 1. The molecule has 4 nitrogen and oxygen atoms in total. The van der Waals surface area contributed by atoms with E-state index in [1.165, 1.54) is 0 Å². The lowest BCUT2D eigenvalue weighted by atomic mass is 9.77. The van der Waals surface area contributed by atoms with E-state index in [9.17, 15) is 18.3 Å². The van der Waals surface area contributed by atoms with Gasteiger partial charge in [0.1, 0.15) is 5.69 Å². The van der Waals surface area contributed by atoms with Crippen LogP contribution in [0.15, 0.2) is 12.3 Å². The van der Waals surface area contributed by atoms with Crippen LogP contribution in [0.4, 0.5) is 19.1 Å². The molecule has 0 atom stereocenters. The van der Waals surface area contributed by atoms with Crippen molar-refractivity contribution in [3.8, 4) is 0 Å². The van der Waals surface area contributed by atoms with E-state index in [-0.39, 0.29) is 12.6 Å². The number of alkyl halides is 3. The molecule has 1 aromatic rings. The van der Waals surface area contributed by atoms with Crippen molar-refractivity contribution in [3.05, 3.63) is 18.0 Å². The van der Waals surface area contributed by atoms with Crippen LogP contribution < -0.4 is 5.32 Å². The number of halogens is 3. The Hall–Kier alpha value is -1.37. The zero-order chi connectivity index (χ0) is 14.8. The number of nitrogens with zero attached hydrogens (tertiary/aromatic N) is 2. The lowest BCUT2D eigenvalue weighted by Gasteiger charge is -2.38. The standard InChI is InChI=1S/C13H18F3N3O/c1-9-2-5-12(8-20,6-3-9)19-11-17-7-4-10(18-11)13(14,15)16/h4,7,9,20H,2-3,5-6,8H2,1H3,(H,17,18,19). The third kappa shape index (κ3) is 3.39. The maximum absolute atomic E-state index is 12.6. The third-order valence-electron chi connectivity index (χ3n) is 3.86. The molecule has 1 saturated carbocycles. The highest BCUT2D eigenvalue weighted by Gasteiger charge is 2.36. The molecule has 20 heavy (non-hydrogen) atoms. The zero-order valence-electron chi connectivity index (χ0n) is 11.2. The second-order valence-electron chi connectivity index (χ2n) is 5.51. The minimum atomic E-state index is -4.49. The topological polar surface area (TPSA) is 58.0 Å². The minimum Gasteiger partial charge on any atom is -0.394 e. The zero-order valence-corrected chi connectivity index (χ0v) is 11.2. The summed E-state index contributed by atoms with van der Waals surface area (Å²) in [5, 5.41) is 12.5.